The largest absolute Gasteiger partial charge is 0.370 e. The van der Waals surface area contributed by atoms with Crippen LogP contribution in [-0.4, -0.2) is 17.3 Å². The van der Waals surface area contributed by atoms with Crippen LogP contribution in [0, 0.1) is 0 Å². The molecular formula is C17H22Cl2O2. The minimum Gasteiger partial charge on any atom is -0.370 e. The van der Waals surface area contributed by atoms with Gasteiger partial charge in [0.15, 0.2) is 0 Å². The Balaban J connectivity index is 1.74. The second-order valence-electron chi connectivity index (χ2n) is 6.26. The zero-order chi connectivity index (χ0) is 15.1. The summed E-state index contributed by atoms with van der Waals surface area (Å²) in [4.78, 5) is 0. The molecule has 2 fully saturated rings. The number of benzene rings is 1. The summed E-state index contributed by atoms with van der Waals surface area (Å²) in [5.41, 5.74) is 0.801. The molecule has 0 unspecified atom stereocenters. The van der Waals surface area contributed by atoms with Gasteiger partial charge in [-0.25, -0.2) is 0 Å². The molecule has 116 valence electrons. The summed E-state index contributed by atoms with van der Waals surface area (Å²) in [7, 11) is 0. The maximum Gasteiger partial charge on any atom is 0.0950 e. The topological polar surface area (TPSA) is 18.5 Å². The summed E-state index contributed by atoms with van der Waals surface area (Å²) in [6.45, 7) is 4.85. The van der Waals surface area contributed by atoms with E-state index in [1.165, 1.54) is 0 Å². The number of rotatable bonds is 5. The van der Waals surface area contributed by atoms with E-state index < -0.39 is 0 Å². The molecule has 0 aliphatic carbocycles. The summed E-state index contributed by atoms with van der Waals surface area (Å²) in [6, 6.07) is 5.56. The van der Waals surface area contributed by atoms with Crippen LogP contribution < -0.4 is 0 Å². The lowest BCUT2D eigenvalue weighted by Crippen LogP contribution is -2.39. The molecule has 0 aromatic heterocycles. The van der Waals surface area contributed by atoms with Crippen molar-refractivity contribution in [3.63, 3.8) is 0 Å². The number of halogens is 2. The van der Waals surface area contributed by atoms with Crippen molar-refractivity contribution < 1.29 is 9.47 Å². The average Bonchev–Trinajstić information content (AvgIpc) is 3.01. The van der Waals surface area contributed by atoms with Gasteiger partial charge in [-0.1, -0.05) is 43.1 Å². The first-order chi connectivity index (χ1) is 10.0. The van der Waals surface area contributed by atoms with Crippen molar-refractivity contribution in [3.05, 3.63) is 33.8 Å². The van der Waals surface area contributed by atoms with E-state index in [9.17, 15) is 0 Å². The van der Waals surface area contributed by atoms with E-state index in [1.54, 1.807) is 0 Å². The molecule has 2 nitrogen and oxygen atoms in total. The van der Waals surface area contributed by atoms with E-state index in [4.69, 9.17) is 32.7 Å². The predicted molar refractivity (Wildman–Crippen MR) is 86.0 cm³/mol. The summed E-state index contributed by atoms with van der Waals surface area (Å²) in [5, 5.41) is 1.34. The van der Waals surface area contributed by atoms with E-state index >= 15 is 0 Å². The molecule has 3 atom stereocenters. The van der Waals surface area contributed by atoms with Gasteiger partial charge in [0.05, 0.1) is 23.9 Å². The molecular weight excluding hydrogens is 307 g/mol. The Bertz CT molecular complexity index is 513. The number of hydrogen-bond donors (Lipinski definition) is 0. The van der Waals surface area contributed by atoms with E-state index in [-0.39, 0.29) is 17.3 Å². The molecule has 2 aliphatic heterocycles. The van der Waals surface area contributed by atoms with Crippen LogP contribution in [0.25, 0.3) is 0 Å². The SMILES string of the molecule is CC[C@@]12CC[C@@](CC)(O1)[C@@H](OCc1c(Cl)cccc1Cl)C2. The Hall–Kier alpha value is -0.280. The smallest absolute Gasteiger partial charge is 0.0950 e. The minimum absolute atomic E-state index is 0.0327. The Morgan fingerprint density at radius 3 is 2.52 bits per heavy atom. The third-order valence-electron chi connectivity index (χ3n) is 5.30. The highest BCUT2D eigenvalue weighted by Gasteiger charge is 2.60. The molecule has 0 N–H and O–H groups in total. The second-order valence-corrected chi connectivity index (χ2v) is 7.08. The van der Waals surface area contributed by atoms with Gasteiger partial charge in [-0.3, -0.25) is 0 Å². The summed E-state index contributed by atoms with van der Waals surface area (Å²) in [5.74, 6) is 0. The minimum atomic E-state index is -0.107. The number of hydrogen-bond acceptors (Lipinski definition) is 2. The number of fused-ring (bicyclic) bond motifs is 2. The lowest BCUT2D eigenvalue weighted by atomic mass is 9.77. The molecule has 4 heteroatoms. The molecule has 21 heavy (non-hydrogen) atoms. The number of ether oxygens (including phenoxy) is 2. The van der Waals surface area contributed by atoms with Gasteiger partial charge in [-0.15, -0.1) is 0 Å². The van der Waals surface area contributed by atoms with Crippen LogP contribution in [0.3, 0.4) is 0 Å². The van der Waals surface area contributed by atoms with Gasteiger partial charge in [0.25, 0.3) is 0 Å². The lowest BCUT2D eigenvalue weighted by Gasteiger charge is -2.32. The van der Waals surface area contributed by atoms with Crippen LogP contribution >= 0.6 is 23.2 Å². The zero-order valence-corrected chi connectivity index (χ0v) is 14.1. The van der Waals surface area contributed by atoms with Crippen LogP contribution in [0.5, 0.6) is 0 Å². The third kappa shape index (κ3) is 2.61. The second kappa shape index (κ2) is 5.73. The molecule has 1 aromatic rings. The Labute approximate surface area is 136 Å². The molecule has 2 bridgehead atoms. The van der Waals surface area contributed by atoms with Gasteiger partial charge in [0, 0.05) is 22.0 Å². The van der Waals surface area contributed by atoms with Gasteiger partial charge >= 0.3 is 0 Å². The van der Waals surface area contributed by atoms with Gasteiger partial charge < -0.3 is 9.47 Å². The molecule has 3 rings (SSSR count). The van der Waals surface area contributed by atoms with Crippen LogP contribution in [0.4, 0.5) is 0 Å². The average molecular weight is 329 g/mol. The van der Waals surface area contributed by atoms with Gasteiger partial charge in [0.1, 0.15) is 0 Å². The Morgan fingerprint density at radius 1 is 1.19 bits per heavy atom. The maximum absolute atomic E-state index is 6.42. The van der Waals surface area contributed by atoms with E-state index in [1.807, 2.05) is 18.2 Å². The monoisotopic (exact) mass is 328 g/mol. The van der Waals surface area contributed by atoms with Crippen molar-refractivity contribution in [2.75, 3.05) is 0 Å². The van der Waals surface area contributed by atoms with Crippen molar-refractivity contribution >= 4 is 23.2 Å². The molecule has 0 amide bonds. The predicted octanol–water partition coefficient (Wildman–Crippen LogP) is 5.39. The van der Waals surface area contributed by atoms with Crippen molar-refractivity contribution in [2.24, 2.45) is 0 Å². The van der Waals surface area contributed by atoms with Crippen molar-refractivity contribution in [1.29, 1.82) is 0 Å². The molecule has 0 saturated carbocycles. The molecule has 0 spiro atoms. The normalized spacial score (nSPS) is 34.6. The van der Waals surface area contributed by atoms with E-state index in [0.29, 0.717) is 16.7 Å². The fourth-order valence-electron chi connectivity index (χ4n) is 3.80. The van der Waals surface area contributed by atoms with Crippen LogP contribution in [0.2, 0.25) is 10.0 Å². The Morgan fingerprint density at radius 2 is 1.90 bits per heavy atom. The summed E-state index contributed by atoms with van der Waals surface area (Å²) in [6.07, 6.45) is 5.43. The highest BCUT2D eigenvalue weighted by Crippen LogP contribution is 2.55. The van der Waals surface area contributed by atoms with E-state index in [0.717, 1.165) is 37.7 Å². The van der Waals surface area contributed by atoms with E-state index in [2.05, 4.69) is 13.8 Å². The standard InChI is InChI=1S/C17H22Cl2O2/c1-3-16-8-9-17(4-2,21-16)15(10-16)20-11-12-13(18)6-5-7-14(12)19/h5-7,15H,3-4,8-11H2,1-2H3/t15-,16-,17+/m0/s1. The third-order valence-corrected chi connectivity index (χ3v) is 6.01. The van der Waals surface area contributed by atoms with Crippen LogP contribution in [0.1, 0.15) is 51.5 Å². The summed E-state index contributed by atoms with van der Waals surface area (Å²) < 4.78 is 12.6. The lowest BCUT2D eigenvalue weighted by molar-refractivity contribution is -0.0995. The Kier molecular flexibility index (Phi) is 4.26. The fourth-order valence-corrected chi connectivity index (χ4v) is 4.31. The molecule has 0 radical (unpaired) electrons. The first kappa shape index (κ1) is 15.6. The quantitative estimate of drug-likeness (QED) is 0.721. The van der Waals surface area contributed by atoms with Gasteiger partial charge in [-0.05, 0) is 37.8 Å². The zero-order valence-electron chi connectivity index (χ0n) is 12.6. The molecule has 2 aliphatic rings. The highest BCUT2D eigenvalue weighted by atomic mass is 35.5. The molecule has 2 heterocycles. The fraction of sp³-hybridized carbons (Fsp3) is 0.647. The molecule has 1 aromatic carbocycles. The first-order valence-corrected chi connectivity index (χ1v) is 8.54. The highest BCUT2D eigenvalue weighted by molar-refractivity contribution is 6.35. The first-order valence-electron chi connectivity index (χ1n) is 7.79. The van der Waals surface area contributed by atoms with Gasteiger partial charge in [0.2, 0.25) is 0 Å². The van der Waals surface area contributed by atoms with Crippen LogP contribution in [-0.2, 0) is 16.1 Å². The maximum atomic E-state index is 6.42. The summed E-state index contributed by atoms with van der Waals surface area (Å²) >= 11 is 12.4. The van der Waals surface area contributed by atoms with Gasteiger partial charge in [-0.2, -0.15) is 0 Å². The molecule has 2 saturated heterocycles. The van der Waals surface area contributed by atoms with Crippen molar-refractivity contribution in [2.45, 2.75) is 69.9 Å². The van der Waals surface area contributed by atoms with Crippen molar-refractivity contribution in [1.82, 2.24) is 0 Å². The van der Waals surface area contributed by atoms with Crippen LogP contribution in [0.15, 0.2) is 18.2 Å². The van der Waals surface area contributed by atoms with Crippen molar-refractivity contribution in [3.8, 4) is 0 Å².